The first-order valence-electron chi connectivity index (χ1n) is 6.93. The lowest BCUT2D eigenvalue weighted by Gasteiger charge is -2.21. The number of rotatable bonds is 5. The highest BCUT2D eigenvalue weighted by Gasteiger charge is 2.38. The van der Waals surface area contributed by atoms with Gasteiger partial charge in [0.15, 0.2) is 0 Å². The minimum Gasteiger partial charge on any atom is -0.340 e. The van der Waals surface area contributed by atoms with E-state index in [9.17, 15) is 18.0 Å². The van der Waals surface area contributed by atoms with E-state index in [0.29, 0.717) is 11.2 Å². The summed E-state index contributed by atoms with van der Waals surface area (Å²) in [6.45, 7) is 1.98. The molecule has 0 aliphatic carbocycles. The fourth-order valence-corrected chi connectivity index (χ4v) is 2.89. The molecular formula is C14H16F3N5OS. The van der Waals surface area contributed by atoms with E-state index in [1.807, 2.05) is 30.3 Å². The fraction of sp³-hybridized carbons (Fsp3) is 0.357. The van der Waals surface area contributed by atoms with E-state index in [4.69, 9.17) is 5.84 Å². The minimum atomic E-state index is -4.70. The normalized spacial score (nSPS) is 12.9. The van der Waals surface area contributed by atoms with Crippen molar-refractivity contribution < 1.29 is 18.0 Å². The summed E-state index contributed by atoms with van der Waals surface area (Å²) in [5.41, 5.74) is 0.951. The number of benzene rings is 1. The first-order valence-corrected chi connectivity index (χ1v) is 7.81. The molecule has 0 aliphatic rings. The lowest BCUT2D eigenvalue weighted by Crippen LogP contribution is -2.33. The molecule has 0 fully saturated rings. The van der Waals surface area contributed by atoms with Gasteiger partial charge in [0.05, 0.1) is 5.25 Å². The van der Waals surface area contributed by atoms with Crippen molar-refractivity contribution in [2.24, 2.45) is 0 Å². The predicted molar refractivity (Wildman–Crippen MR) is 83.4 cm³/mol. The molecule has 24 heavy (non-hydrogen) atoms. The molecule has 0 saturated heterocycles. The van der Waals surface area contributed by atoms with Gasteiger partial charge in [0.2, 0.25) is 11.1 Å². The number of aromatic nitrogens is 3. The van der Waals surface area contributed by atoms with Crippen LogP contribution in [-0.4, -0.2) is 38.0 Å². The highest BCUT2D eigenvalue weighted by molar-refractivity contribution is 8.00. The summed E-state index contributed by atoms with van der Waals surface area (Å²) in [7, 11) is 1.63. The Morgan fingerprint density at radius 3 is 2.50 bits per heavy atom. The molecule has 1 atom stereocenters. The maximum absolute atomic E-state index is 12.6. The number of carbonyl (C=O) groups excluding carboxylic acids is 1. The zero-order valence-corrected chi connectivity index (χ0v) is 13.8. The van der Waals surface area contributed by atoms with Crippen LogP contribution in [0.15, 0.2) is 35.5 Å². The Hall–Kier alpha value is -2.23. The number of nitrogens with two attached hydrogens (primary N) is 1. The minimum absolute atomic E-state index is 0.170. The predicted octanol–water partition coefficient (Wildman–Crippen LogP) is 2.15. The zero-order chi connectivity index (χ0) is 17.9. The summed E-state index contributed by atoms with van der Waals surface area (Å²) in [6, 6.07) is 9.36. The number of thioether (sulfide) groups is 1. The maximum Gasteiger partial charge on any atom is 0.453 e. The largest absolute Gasteiger partial charge is 0.453 e. The lowest BCUT2D eigenvalue weighted by atomic mass is 10.2. The van der Waals surface area contributed by atoms with Crippen LogP contribution in [0.25, 0.3) is 0 Å². The van der Waals surface area contributed by atoms with Gasteiger partial charge in [0, 0.05) is 13.6 Å². The molecule has 1 aromatic heterocycles. The van der Waals surface area contributed by atoms with Gasteiger partial charge in [0.1, 0.15) is 0 Å². The third kappa shape index (κ3) is 4.19. The van der Waals surface area contributed by atoms with Crippen molar-refractivity contribution in [2.45, 2.75) is 30.1 Å². The van der Waals surface area contributed by atoms with Crippen LogP contribution in [0.3, 0.4) is 0 Å². The Balaban J connectivity index is 2.03. The zero-order valence-electron chi connectivity index (χ0n) is 13.0. The van der Waals surface area contributed by atoms with Crippen molar-refractivity contribution in [2.75, 3.05) is 12.9 Å². The van der Waals surface area contributed by atoms with Crippen molar-refractivity contribution in [1.29, 1.82) is 0 Å². The topological polar surface area (TPSA) is 77.0 Å². The van der Waals surface area contributed by atoms with Gasteiger partial charge in [-0.2, -0.15) is 13.2 Å². The average Bonchev–Trinajstić information content (AvgIpc) is 2.88. The molecule has 0 bridgehead atoms. The second kappa shape index (κ2) is 7.12. The van der Waals surface area contributed by atoms with Gasteiger partial charge in [-0.25, -0.2) is 4.68 Å². The molecule has 6 nitrogen and oxygen atoms in total. The van der Waals surface area contributed by atoms with Crippen LogP contribution in [-0.2, 0) is 17.5 Å². The summed E-state index contributed by atoms with van der Waals surface area (Å²) in [4.78, 5) is 13.8. The molecule has 130 valence electrons. The standard InChI is InChI=1S/C14H16F3N5OS/c1-9(11(23)21(2)8-10-6-4-3-5-7-10)24-13-20-19-12(22(13)18)14(15,16)17/h3-7,9H,8,18H2,1-2H3/t9-/m0/s1. The molecule has 0 saturated carbocycles. The van der Waals surface area contributed by atoms with Crippen LogP contribution in [0, 0.1) is 0 Å². The SMILES string of the molecule is C[C@H](Sc1nnc(C(F)(F)F)n1N)C(=O)N(C)Cc1ccccc1. The van der Waals surface area contributed by atoms with Gasteiger partial charge in [-0.1, -0.05) is 42.1 Å². The molecular weight excluding hydrogens is 343 g/mol. The van der Waals surface area contributed by atoms with Crippen LogP contribution >= 0.6 is 11.8 Å². The molecule has 2 rings (SSSR count). The summed E-state index contributed by atoms with van der Waals surface area (Å²) in [5.74, 6) is 3.81. The number of nitrogens with zero attached hydrogens (tertiary/aromatic N) is 4. The molecule has 2 N–H and O–H groups in total. The fourth-order valence-electron chi connectivity index (χ4n) is 2.00. The summed E-state index contributed by atoms with van der Waals surface area (Å²) in [5, 5.41) is 5.61. The number of halogens is 3. The van der Waals surface area contributed by atoms with Crippen molar-refractivity contribution in [3.8, 4) is 0 Å². The number of alkyl halides is 3. The van der Waals surface area contributed by atoms with Crippen LogP contribution in [0.1, 0.15) is 18.3 Å². The molecule has 0 unspecified atom stereocenters. The smallest absolute Gasteiger partial charge is 0.340 e. The van der Waals surface area contributed by atoms with Crippen LogP contribution < -0.4 is 5.84 Å². The Morgan fingerprint density at radius 1 is 1.33 bits per heavy atom. The van der Waals surface area contributed by atoms with E-state index in [1.54, 1.807) is 14.0 Å². The van der Waals surface area contributed by atoms with Crippen LogP contribution in [0.5, 0.6) is 0 Å². The van der Waals surface area contributed by atoms with E-state index >= 15 is 0 Å². The van der Waals surface area contributed by atoms with E-state index in [2.05, 4.69) is 10.2 Å². The van der Waals surface area contributed by atoms with Crippen molar-refractivity contribution in [1.82, 2.24) is 19.8 Å². The Morgan fingerprint density at radius 2 is 1.96 bits per heavy atom. The molecule has 2 aromatic rings. The third-order valence-corrected chi connectivity index (χ3v) is 4.23. The summed E-state index contributed by atoms with van der Waals surface area (Å²) in [6.07, 6.45) is -4.70. The first-order chi connectivity index (χ1) is 11.2. The summed E-state index contributed by atoms with van der Waals surface area (Å²) < 4.78 is 38.3. The average molecular weight is 359 g/mol. The molecule has 1 amide bonds. The van der Waals surface area contributed by atoms with Crippen LogP contribution in [0.4, 0.5) is 13.2 Å². The van der Waals surface area contributed by atoms with Gasteiger partial charge < -0.3 is 10.7 Å². The maximum atomic E-state index is 12.6. The highest BCUT2D eigenvalue weighted by Crippen LogP contribution is 2.30. The van der Waals surface area contributed by atoms with Gasteiger partial charge >= 0.3 is 6.18 Å². The number of amides is 1. The number of hydrogen-bond acceptors (Lipinski definition) is 5. The second-order valence-corrected chi connectivity index (χ2v) is 6.42. The van der Waals surface area contributed by atoms with Crippen LogP contribution in [0.2, 0.25) is 0 Å². The monoisotopic (exact) mass is 359 g/mol. The summed E-state index contributed by atoms with van der Waals surface area (Å²) >= 11 is 0.827. The van der Waals surface area contributed by atoms with Gasteiger partial charge in [-0.15, -0.1) is 10.2 Å². The van der Waals surface area contributed by atoms with Crippen molar-refractivity contribution >= 4 is 17.7 Å². The number of hydrogen-bond donors (Lipinski definition) is 1. The second-order valence-electron chi connectivity index (χ2n) is 5.11. The van der Waals surface area contributed by atoms with Crippen molar-refractivity contribution in [3.63, 3.8) is 0 Å². The Bertz CT molecular complexity index is 704. The Kier molecular flexibility index (Phi) is 5.37. The highest BCUT2D eigenvalue weighted by atomic mass is 32.2. The van der Waals surface area contributed by atoms with E-state index in [0.717, 1.165) is 17.3 Å². The molecule has 1 aromatic carbocycles. The molecule has 10 heteroatoms. The quantitative estimate of drug-likeness (QED) is 0.654. The molecule has 0 spiro atoms. The number of nitrogen functional groups attached to an aromatic ring is 1. The Labute approximate surface area is 140 Å². The lowest BCUT2D eigenvalue weighted by molar-refractivity contribution is -0.146. The molecule has 0 aliphatic heterocycles. The first kappa shape index (κ1) is 18.1. The van der Waals surface area contributed by atoms with Gasteiger partial charge in [-0.05, 0) is 12.5 Å². The van der Waals surface area contributed by atoms with Gasteiger partial charge in [0.25, 0.3) is 5.82 Å². The van der Waals surface area contributed by atoms with E-state index < -0.39 is 17.3 Å². The number of carbonyl (C=O) groups is 1. The van der Waals surface area contributed by atoms with E-state index in [1.165, 1.54) is 4.90 Å². The van der Waals surface area contributed by atoms with Crippen molar-refractivity contribution in [3.05, 3.63) is 41.7 Å². The van der Waals surface area contributed by atoms with E-state index in [-0.39, 0.29) is 11.1 Å². The third-order valence-electron chi connectivity index (χ3n) is 3.19. The molecule has 1 heterocycles. The molecule has 0 radical (unpaired) electrons. The van der Waals surface area contributed by atoms with Gasteiger partial charge in [-0.3, -0.25) is 4.79 Å².